The molecule has 2 aliphatic rings. The first-order chi connectivity index (χ1) is 9.35. The smallest absolute Gasteiger partial charge is 0.410 e. The summed E-state index contributed by atoms with van der Waals surface area (Å²) in [5.41, 5.74) is 5.70. The zero-order valence-electron chi connectivity index (χ0n) is 13.2. The maximum atomic E-state index is 12.2. The quantitative estimate of drug-likeness (QED) is 0.803. The van der Waals surface area contributed by atoms with Gasteiger partial charge in [0.25, 0.3) is 0 Å². The lowest BCUT2D eigenvalue weighted by Gasteiger charge is -2.40. The van der Waals surface area contributed by atoms with Crippen LogP contribution in [-0.2, 0) is 4.74 Å². The standard InChI is InChI=1S/C16H30N2O2/c1-16(2,3)20-15(19)18-9-5-7-13(11-18)12-6-4-8-14(17)10-12/h12-14H,4-11,17H2,1-3H3/t12-,13-,14-/m0/s1. The number of carbonyl (C=O) groups excluding carboxylic acids is 1. The van der Waals surface area contributed by atoms with Gasteiger partial charge in [-0.2, -0.15) is 0 Å². The van der Waals surface area contributed by atoms with Gasteiger partial charge in [-0.3, -0.25) is 0 Å². The highest BCUT2D eigenvalue weighted by atomic mass is 16.6. The highest BCUT2D eigenvalue weighted by molar-refractivity contribution is 5.68. The van der Waals surface area contributed by atoms with Gasteiger partial charge in [-0.1, -0.05) is 12.8 Å². The first-order valence-electron chi connectivity index (χ1n) is 8.08. The van der Waals surface area contributed by atoms with Crippen molar-refractivity contribution in [2.75, 3.05) is 13.1 Å². The Morgan fingerprint density at radius 2 is 1.85 bits per heavy atom. The molecule has 0 unspecified atom stereocenters. The Labute approximate surface area is 123 Å². The van der Waals surface area contributed by atoms with Gasteiger partial charge in [0.2, 0.25) is 0 Å². The van der Waals surface area contributed by atoms with Gasteiger partial charge in [-0.15, -0.1) is 0 Å². The molecule has 0 aromatic heterocycles. The van der Waals surface area contributed by atoms with Crippen molar-refractivity contribution in [2.45, 2.75) is 70.9 Å². The molecule has 1 heterocycles. The molecule has 1 saturated heterocycles. The second kappa shape index (κ2) is 6.33. The Hall–Kier alpha value is -0.770. The number of amides is 1. The molecule has 116 valence electrons. The van der Waals surface area contributed by atoms with Crippen LogP contribution in [0, 0.1) is 11.8 Å². The predicted molar refractivity (Wildman–Crippen MR) is 80.5 cm³/mol. The number of ether oxygens (including phenoxy) is 1. The van der Waals surface area contributed by atoms with Crippen molar-refractivity contribution in [1.82, 2.24) is 4.90 Å². The van der Waals surface area contributed by atoms with Crippen molar-refractivity contribution in [3.63, 3.8) is 0 Å². The predicted octanol–water partition coefficient (Wildman–Crippen LogP) is 3.15. The molecule has 0 radical (unpaired) electrons. The topological polar surface area (TPSA) is 55.6 Å². The van der Waals surface area contributed by atoms with Crippen LogP contribution in [-0.4, -0.2) is 35.7 Å². The normalized spacial score (nSPS) is 32.0. The van der Waals surface area contributed by atoms with Crippen molar-refractivity contribution in [3.8, 4) is 0 Å². The maximum absolute atomic E-state index is 12.2. The molecule has 3 atom stereocenters. The Balaban J connectivity index is 1.89. The van der Waals surface area contributed by atoms with E-state index in [0.29, 0.717) is 17.9 Å². The van der Waals surface area contributed by atoms with Crippen LogP contribution in [0.5, 0.6) is 0 Å². The van der Waals surface area contributed by atoms with Gasteiger partial charge in [-0.25, -0.2) is 4.79 Å². The molecule has 0 aromatic carbocycles. The highest BCUT2D eigenvalue weighted by Crippen LogP contribution is 2.34. The van der Waals surface area contributed by atoms with E-state index >= 15 is 0 Å². The van der Waals surface area contributed by atoms with Crippen molar-refractivity contribution in [1.29, 1.82) is 0 Å². The third-order valence-electron chi connectivity index (χ3n) is 4.53. The second-order valence-electron chi connectivity index (χ2n) is 7.52. The Kier molecular flexibility index (Phi) is 4.95. The van der Waals surface area contributed by atoms with Crippen LogP contribution >= 0.6 is 0 Å². The van der Waals surface area contributed by atoms with E-state index in [1.807, 2.05) is 25.7 Å². The van der Waals surface area contributed by atoms with Gasteiger partial charge in [0.1, 0.15) is 5.60 Å². The molecule has 4 nitrogen and oxygen atoms in total. The van der Waals surface area contributed by atoms with Crippen LogP contribution in [0.15, 0.2) is 0 Å². The molecule has 4 heteroatoms. The molecule has 0 spiro atoms. The van der Waals surface area contributed by atoms with E-state index in [4.69, 9.17) is 10.5 Å². The summed E-state index contributed by atoms with van der Waals surface area (Å²) >= 11 is 0. The monoisotopic (exact) mass is 282 g/mol. The Morgan fingerprint density at radius 1 is 1.15 bits per heavy atom. The first-order valence-corrected chi connectivity index (χ1v) is 8.08. The van der Waals surface area contributed by atoms with Gasteiger partial charge in [-0.05, 0) is 58.3 Å². The fraction of sp³-hybridized carbons (Fsp3) is 0.938. The van der Waals surface area contributed by atoms with Crippen molar-refractivity contribution in [2.24, 2.45) is 17.6 Å². The third kappa shape index (κ3) is 4.37. The minimum Gasteiger partial charge on any atom is -0.444 e. The van der Waals surface area contributed by atoms with Crippen molar-refractivity contribution < 1.29 is 9.53 Å². The van der Waals surface area contributed by atoms with Crippen LogP contribution < -0.4 is 5.73 Å². The highest BCUT2D eigenvalue weighted by Gasteiger charge is 2.33. The summed E-state index contributed by atoms with van der Waals surface area (Å²) in [6.45, 7) is 7.46. The Bertz CT molecular complexity index is 338. The molecule has 0 aromatic rings. The largest absolute Gasteiger partial charge is 0.444 e. The minimum absolute atomic E-state index is 0.151. The lowest BCUT2D eigenvalue weighted by atomic mass is 9.75. The number of carbonyl (C=O) groups is 1. The molecule has 1 amide bonds. The van der Waals surface area contributed by atoms with E-state index in [-0.39, 0.29) is 6.09 Å². The number of piperidine rings is 1. The SMILES string of the molecule is CC(C)(C)OC(=O)N1CCC[C@H]([C@H]2CCC[C@H](N)C2)C1. The van der Waals surface area contributed by atoms with Crippen LogP contribution in [0.2, 0.25) is 0 Å². The molecule has 2 fully saturated rings. The van der Waals surface area contributed by atoms with E-state index in [2.05, 4.69) is 0 Å². The van der Waals surface area contributed by atoms with Gasteiger partial charge in [0.05, 0.1) is 0 Å². The number of likely N-dealkylation sites (tertiary alicyclic amines) is 1. The lowest BCUT2D eigenvalue weighted by molar-refractivity contribution is 0.0111. The van der Waals surface area contributed by atoms with E-state index in [1.54, 1.807) is 0 Å². The van der Waals surface area contributed by atoms with Crippen LogP contribution in [0.25, 0.3) is 0 Å². The van der Waals surface area contributed by atoms with E-state index < -0.39 is 5.60 Å². The zero-order chi connectivity index (χ0) is 14.8. The molecule has 1 aliphatic carbocycles. The lowest BCUT2D eigenvalue weighted by Crippen LogP contribution is -2.45. The minimum atomic E-state index is -0.406. The molecule has 1 aliphatic heterocycles. The van der Waals surface area contributed by atoms with E-state index in [1.165, 1.54) is 25.7 Å². The number of hydrogen-bond acceptors (Lipinski definition) is 3. The molecule has 1 saturated carbocycles. The van der Waals surface area contributed by atoms with Crippen LogP contribution in [0.3, 0.4) is 0 Å². The van der Waals surface area contributed by atoms with Crippen LogP contribution in [0.1, 0.15) is 59.3 Å². The average molecular weight is 282 g/mol. The van der Waals surface area contributed by atoms with E-state index in [9.17, 15) is 4.79 Å². The van der Waals surface area contributed by atoms with Gasteiger partial charge in [0, 0.05) is 19.1 Å². The summed E-state index contributed by atoms with van der Waals surface area (Å²) in [7, 11) is 0. The summed E-state index contributed by atoms with van der Waals surface area (Å²) in [6.07, 6.45) is 7.00. The number of nitrogens with two attached hydrogens (primary N) is 1. The first kappa shape index (κ1) is 15.6. The number of hydrogen-bond donors (Lipinski definition) is 1. The molecule has 2 rings (SSSR count). The van der Waals surface area contributed by atoms with Gasteiger partial charge >= 0.3 is 6.09 Å². The summed E-state index contributed by atoms with van der Waals surface area (Å²) < 4.78 is 5.50. The summed E-state index contributed by atoms with van der Waals surface area (Å²) in [6, 6.07) is 0.366. The maximum Gasteiger partial charge on any atom is 0.410 e. The third-order valence-corrected chi connectivity index (χ3v) is 4.53. The summed E-state index contributed by atoms with van der Waals surface area (Å²) in [5.74, 6) is 1.31. The Morgan fingerprint density at radius 3 is 2.50 bits per heavy atom. The molecule has 0 bridgehead atoms. The van der Waals surface area contributed by atoms with Crippen molar-refractivity contribution >= 4 is 6.09 Å². The molecule has 2 N–H and O–H groups in total. The van der Waals surface area contributed by atoms with Gasteiger partial charge < -0.3 is 15.4 Å². The molecular weight excluding hydrogens is 252 g/mol. The zero-order valence-corrected chi connectivity index (χ0v) is 13.2. The summed E-state index contributed by atoms with van der Waals surface area (Å²) in [5, 5.41) is 0. The van der Waals surface area contributed by atoms with Gasteiger partial charge in [0.15, 0.2) is 0 Å². The number of rotatable bonds is 1. The fourth-order valence-electron chi connectivity index (χ4n) is 3.58. The molecule has 20 heavy (non-hydrogen) atoms. The fourth-order valence-corrected chi connectivity index (χ4v) is 3.58. The van der Waals surface area contributed by atoms with Crippen LogP contribution in [0.4, 0.5) is 4.79 Å². The van der Waals surface area contributed by atoms with E-state index in [0.717, 1.165) is 25.9 Å². The second-order valence-corrected chi connectivity index (χ2v) is 7.52. The average Bonchev–Trinajstić information content (AvgIpc) is 2.37. The molecular formula is C16H30N2O2. The summed E-state index contributed by atoms with van der Waals surface area (Å²) in [4.78, 5) is 14.1. The number of nitrogens with zero attached hydrogens (tertiary/aromatic N) is 1. The van der Waals surface area contributed by atoms with Crippen molar-refractivity contribution in [3.05, 3.63) is 0 Å².